The van der Waals surface area contributed by atoms with Crippen LogP contribution in [0, 0.1) is 5.92 Å². The maximum Gasteiger partial charge on any atom is 0.260 e. The normalized spacial score (nSPS) is 13.6. The smallest absolute Gasteiger partial charge is 0.260 e. The van der Waals surface area contributed by atoms with E-state index in [1.165, 1.54) is 0 Å². The van der Waals surface area contributed by atoms with Crippen LogP contribution in [0.3, 0.4) is 0 Å². The Balaban J connectivity index is 1.91. The van der Waals surface area contributed by atoms with Crippen molar-refractivity contribution in [3.05, 3.63) is 23.2 Å². The van der Waals surface area contributed by atoms with Crippen LogP contribution in [-0.2, 0) is 9.59 Å². The molecule has 6 heteroatoms. The lowest BCUT2D eigenvalue weighted by atomic mass is 10.3. The molecule has 22 heavy (non-hydrogen) atoms. The summed E-state index contributed by atoms with van der Waals surface area (Å²) in [5.74, 6) is 0.529. The van der Waals surface area contributed by atoms with E-state index in [1.807, 2.05) is 13.8 Å². The van der Waals surface area contributed by atoms with Crippen molar-refractivity contribution in [3.8, 4) is 5.75 Å². The number of amides is 2. The summed E-state index contributed by atoms with van der Waals surface area (Å²) in [6.07, 6.45) is 1.91. The molecule has 1 aromatic rings. The summed E-state index contributed by atoms with van der Waals surface area (Å²) in [6.45, 7) is 5.10. The van der Waals surface area contributed by atoms with E-state index in [4.69, 9.17) is 16.3 Å². The molecule has 0 saturated heterocycles. The van der Waals surface area contributed by atoms with E-state index < -0.39 is 0 Å². The maximum absolute atomic E-state index is 11.9. The second kappa shape index (κ2) is 7.49. The summed E-state index contributed by atoms with van der Waals surface area (Å²) in [6, 6.07) is 5.03. The van der Waals surface area contributed by atoms with Crippen molar-refractivity contribution >= 4 is 29.1 Å². The lowest BCUT2D eigenvalue weighted by Gasteiger charge is -2.19. The zero-order chi connectivity index (χ0) is 16.1. The third-order valence-corrected chi connectivity index (χ3v) is 3.91. The number of hydrogen-bond acceptors (Lipinski definition) is 3. The molecular formula is C16H21ClN2O3. The first-order valence-electron chi connectivity index (χ1n) is 7.56. The molecule has 1 N–H and O–H groups in total. The van der Waals surface area contributed by atoms with E-state index in [0.717, 1.165) is 12.8 Å². The van der Waals surface area contributed by atoms with Gasteiger partial charge in [-0.1, -0.05) is 11.6 Å². The van der Waals surface area contributed by atoms with E-state index in [-0.39, 0.29) is 24.3 Å². The predicted octanol–water partition coefficient (Wildman–Crippen LogP) is 2.94. The zero-order valence-electron chi connectivity index (χ0n) is 12.9. The Labute approximate surface area is 135 Å². The average molecular weight is 325 g/mol. The Morgan fingerprint density at radius 1 is 1.32 bits per heavy atom. The first kappa shape index (κ1) is 16.6. The first-order valence-corrected chi connectivity index (χ1v) is 7.94. The van der Waals surface area contributed by atoms with Crippen LogP contribution < -0.4 is 10.1 Å². The number of ether oxygens (including phenoxy) is 1. The summed E-state index contributed by atoms with van der Waals surface area (Å²) in [5, 5.41) is 3.20. The zero-order valence-corrected chi connectivity index (χ0v) is 13.7. The summed E-state index contributed by atoms with van der Waals surface area (Å²) in [4.78, 5) is 25.3. The Bertz CT molecular complexity index is 554. The molecule has 0 radical (unpaired) electrons. The highest BCUT2D eigenvalue weighted by atomic mass is 35.5. The van der Waals surface area contributed by atoms with Gasteiger partial charge in [0.2, 0.25) is 5.91 Å². The van der Waals surface area contributed by atoms with Crippen LogP contribution in [0.15, 0.2) is 18.2 Å². The molecule has 1 fully saturated rings. The third kappa shape index (κ3) is 4.37. The van der Waals surface area contributed by atoms with Gasteiger partial charge in [-0.25, -0.2) is 0 Å². The van der Waals surface area contributed by atoms with Gasteiger partial charge >= 0.3 is 0 Å². The van der Waals surface area contributed by atoms with Gasteiger partial charge < -0.3 is 15.0 Å². The number of rotatable bonds is 7. The molecule has 120 valence electrons. The number of carbonyl (C=O) groups excluding carboxylic acids is 2. The summed E-state index contributed by atoms with van der Waals surface area (Å²) in [7, 11) is 0. The minimum atomic E-state index is -0.0767. The molecule has 2 amide bonds. The molecule has 1 aromatic carbocycles. The number of likely N-dealkylation sites (N-methyl/N-ethyl adjacent to an activating group) is 1. The van der Waals surface area contributed by atoms with Gasteiger partial charge in [-0.15, -0.1) is 0 Å². The number of nitrogens with one attached hydrogen (secondary N) is 1. The minimum absolute atomic E-state index is 0.0291. The largest absolute Gasteiger partial charge is 0.482 e. The molecule has 1 aliphatic carbocycles. The Hall–Kier alpha value is -1.75. The molecule has 0 bridgehead atoms. The van der Waals surface area contributed by atoms with Gasteiger partial charge in [0.1, 0.15) is 5.75 Å². The van der Waals surface area contributed by atoms with Gasteiger partial charge in [0, 0.05) is 24.7 Å². The number of halogens is 1. The summed E-state index contributed by atoms with van der Waals surface area (Å²) in [5.41, 5.74) is 0.643. The van der Waals surface area contributed by atoms with E-state index in [1.54, 1.807) is 23.1 Å². The van der Waals surface area contributed by atoms with E-state index >= 15 is 0 Å². The van der Waals surface area contributed by atoms with E-state index in [9.17, 15) is 9.59 Å². The predicted molar refractivity (Wildman–Crippen MR) is 86.2 cm³/mol. The fourth-order valence-corrected chi connectivity index (χ4v) is 2.33. The maximum atomic E-state index is 11.9. The van der Waals surface area contributed by atoms with Crippen molar-refractivity contribution in [2.75, 3.05) is 25.0 Å². The van der Waals surface area contributed by atoms with Gasteiger partial charge in [0.25, 0.3) is 5.91 Å². The van der Waals surface area contributed by atoms with Crippen LogP contribution >= 0.6 is 11.6 Å². The SMILES string of the molecule is CCN(CC)C(=O)COc1ccc(NC(=O)C2CC2)cc1Cl. The van der Waals surface area contributed by atoms with Gasteiger partial charge in [0.05, 0.1) is 5.02 Å². The van der Waals surface area contributed by atoms with Crippen molar-refractivity contribution in [2.24, 2.45) is 5.92 Å². The van der Waals surface area contributed by atoms with Crippen LogP contribution in [0.25, 0.3) is 0 Å². The Morgan fingerprint density at radius 2 is 2.00 bits per heavy atom. The summed E-state index contributed by atoms with van der Waals surface area (Å²) >= 11 is 6.14. The quantitative estimate of drug-likeness (QED) is 0.839. The first-order chi connectivity index (χ1) is 10.5. The van der Waals surface area contributed by atoms with Gasteiger partial charge in [-0.2, -0.15) is 0 Å². The fraction of sp³-hybridized carbons (Fsp3) is 0.500. The lowest BCUT2D eigenvalue weighted by molar-refractivity contribution is -0.133. The summed E-state index contributed by atoms with van der Waals surface area (Å²) < 4.78 is 5.47. The highest BCUT2D eigenvalue weighted by molar-refractivity contribution is 6.32. The third-order valence-electron chi connectivity index (χ3n) is 3.61. The number of benzene rings is 1. The molecule has 0 unspecified atom stereocenters. The van der Waals surface area contributed by atoms with Gasteiger partial charge in [-0.3, -0.25) is 9.59 Å². The van der Waals surface area contributed by atoms with E-state index in [2.05, 4.69) is 5.32 Å². The minimum Gasteiger partial charge on any atom is -0.482 e. The number of hydrogen-bond donors (Lipinski definition) is 1. The van der Waals surface area contributed by atoms with Crippen molar-refractivity contribution in [3.63, 3.8) is 0 Å². The molecule has 0 heterocycles. The lowest BCUT2D eigenvalue weighted by Crippen LogP contribution is -2.34. The molecule has 2 rings (SSSR count). The Kier molecular flexibility index (Phi) is 5.66. The van der Waals surface area contributed by atoms with Crippen molar-refractivity contribution in [2.45, 2.75) is 26.7 Å². The molecule has 0 atom stereocenters. The van der Waals surface area contributed by atoms with Crippen LogP contribution in [0.2, 0.25) is 5.02 Å². The molecule has 1 saturated carbocycles. The van der Waals surface area contributed by atoms with Crippen molar-refractivity contribution in [1.29, 1.82) is 0 Å². The molecule has 0 aromatic heterocycles. The van der Waals surface area contributed by atoms with E-state index in [0.29, 0.717) is 29.5 Å². The number of anilines is 1. The van der Waals surface area contributed by atoms with Gasteiger partial charge in [-0.05, 0) is 44.9 Å². The number of nitrogens with zero attached hydrogens (tertiary/aromatic N) is 1. The molecule has 1 aliphatic rings. The van der Waals surface area contributed by atoms with Crippen LogP contribution in [0.4, 0.5) is 5.69 Å². The fourth-order valence-electron chi connectivity index (χ4n) is 2.09. The van der Waals surface area contributed by atoms with Crippen molar-refractivity contribution in [1.82, 2.24) is 4.90 Å². The van der Waals surface area contributed by atoms with Crippen molar-refractivity contribution < 1.29 is 14.3 Å². The van der Waals surface area contributed by atoms with Crippen LogP contribution in [0.1, 0.15) is 26.7 Å². The number of carbonyl (C=O) groups is 2. The molecule has 0 aliphatic heterocycles. The molecule has 0 spiro atoms. The van der Waals surface area contributed by atoms with Crippen LogP contribution in [-0.4, -0.2) is 36.4 Å². The average Bonchev–Trinajstić information content (AvgIpc) is 3.32. The van der Waals surface area contributed by atoms with Gasteiger partial charge in [0.15, 0.2) is 6.61 Å². The standard InChI is InChI=1S/C16H21ClN2O3/c1-3-19(4-2)15(20)10-22-14-8-7-12(9-13(14)17)18-16(21)11-5-6-11/h7-9,11H,3-6,10H2,1-2H3,(H,18,21). The second-order valence-corrected chi connectivity index (χ2v) is 5.67. The molecular weight excluding hydrogens is 304 g/mol. The topological polar surface area (TPSA) is 58.6 Å². The Morgan fingerprint density at radius 3 is 2.55 bits per heavy atom. The highest BCUT2D eigenvalue weighted by Gasteiger charge is 2.29. The second-order valence-electron chi connectivity index (χ2n) is 5.26. The molecule has 5 nitrogen and oxygen atoms in total. The van der Waals surface area contributed by atoms with Crippen LogP contribution in [0.5, 0.6) is 5.75 Å². The monoisotopic (exact) mass is 324 g/mol. The highest BCUT2D eigenvalue weighted by Crippen LogP contribution is 2.32.